The Morgan fingerprint density at radius 2 is 1.79 bits per heavy atom. The van der Waals surface area contributed by atoms with Crippen molar-refractivity contribution >= 4 is 39.1 Å². The van der Waals surface area contributed by atoms with Crippen molar-refractivity contribution in [1.29, 1.82) is 0 Å². The Bertz CT molecular complexity index is 567. The average Bonchev–Trinajstić information content (AvgIpc) is 2.39. The van der Waals surface area contributed by atoms with Crippen LogP contribution in [-0.4, -0.2) is 0 Å². The Kier molecular flexibility index (Phi) is 5.14. The van der Waals surface area contributed by atoms with Crippen LogP contribution in [0.4, 0.5) is 0 Å². The summed E-state index contributed by atoms with van der Waals surface area (Å²) in [4.78, 5) is 0. The minimum Gasteiger partial charge on any atom is -0.487 e. The number of hydrogen-bond acceptors (Lipinski definition) is 1. The van der Waals surface area contributed by atoms with Crippen LogP contribution in [0.1, 0.15) is 16.7 Å². The van der Waals surface area contributed by atoms with Crippen LogP contribution in [0.25, 0.3) is 0 Å². The van der Waals surface area contributed by atoms with E-state index in [1.54, 1.807) is 6.07 Å². The lowest BCUT2D eigenvalue weighted by atomic mass is 10.1. The predicted octanol–water partition coefficient (Wildman–Crippen LogP) is 5.78. The molecule has 0 aliphatic rings. The van der Waals surface area contributed by atoms with Gasteiger partial charge in [-0.15, -0.1) is 0 Å². The van der Waals surface area contributed by atoms with E-state index < -0.39 is 0 Å². The molecule has 19 heavy (non-hydrogen) atoms. The molecule has 2 aromatic carbocycles. The number of ether oxygens (including phenoxy) is 1. The van der Waals surface area contributed by atoms with Crippen molar-refractivity contribution in [2.24, 2.45) is 0 Å². The molecule has 0 fully saturated rings. The van der Waals surface area contributed by atoms with E-state index in [2.05, 4.69) is 35.0 Å². The van der Waals surface area contributed by atoms with E-state index >= 15 is 0 Å². The third-order valence-electron chi connectivity index (χ3n) is 2.73. The number of hydrogen-bond donors (Lipinski definition) is 0. The summed E-state index contributed by atoms with van der Waals surface area (Å²) in [6.45, 7) is 2.55. The maximum absolute atomic E-state index is 6.17. The molecular weight excluding hydrogens is 347 g/mol. The molecule has 100 valence electrons. The van der Waals surface area contributed by atoms with Crippen molar-refractivity contribution < 1.29 is 4.74 Å². The molecule has 0 bridgehead atoms. The second-order valence-electron chi connectivity index (χ2n) is 4.28. The first-order valence-electron chi connectivity index (χ1n) is 5.82. The molecule has 1 nitrogen and oxygen atoms in total. The van der Waals surface area contributed by atoms with Gasteiger partial charge in [-0.2, -0.15) is 0 Å². The average molecular weight is 360 g/mol. The van der Waals surface area contributed by atoms with Gasteiger partial charge in [-0.3, -0.25) is 0 Å². The Morgan fingerprint density at radius 1 is 1.11 bits per heavy atom. The lowest BCUT2D eigenvalue weighted by Gasteiger charge is -2.12. The standard InChI is InChI=1S/C15H13BrCl2O/c1-10-2-4-11(5-3-10)9-19-15-12(8-16)6-13(17)7-14(15)18/h2-7H,8-9H2,1H3. The second kappa shape index (κ2) is 6.65. The summed E-state index contributed by atoms with van der Waals surface area (Å²) >= 11 is 15.6. The van der Waals surface area contributed by atoms with Crippen molar-refractivity contribution in [1.82, 2.24) is 0 Å². The molecule has 0 radical (unpaired) electrons. The van der Waals surface area contributed by atoms with Gasteiger partial charge in [0.2, 0.25) is 0 Å². The van der Waals surface area contributed by atoms with Gasteiger partial charge in [-0.25, -0.2) is 0 Å². The molecule has 0 unspecified atom stereocenters. The quantitative estimate of drug-likeness (QED) is 0.629. The highest BCUT2D eigenvalue weighted by molar-refractivity contribution is 9.08. The topological polar surface area (TPSA) is 9.23 Å². The molecule has 2 aromatic rings. The first-order valence-corrected chi connectivity index (χ1v) is 7.70. The van der Waals surface area contributed by atoms with Crippen molar-refractivity contribution in [2.45, 2.75) is 18.9 Å². The minimum atomic E-state index is 0.488. The fourth-order valence-corrected chi connectivity index (χ4v) is 2.72. The van der Waals surface area contributed by atoms with E-state index in [0.29, 0.717) is 27.7 Å². The number of rotatable bonds is 4. The van der Waals surface area contributed by atoms with Gasteiger partial charge in [0, 0.05) is 15.9 Å². The molecule has 0 heterocycles. The Balaban J connectivity index is 2.17. The van der Waals surface area contributed by atoms with Crippen LogP contribution in [0.5, 0.6) is 5.75 Å². The van der Waals surface area contributed by atoms with Crippen LogP contribution in [0, 0.1) is 6.92 Å². The molecule has 0 atom stereocenters. The zero-order valence-electron chi connectivity index (χ0n) is 10.4. The van der Waals surface area contributed by atoms with Crippen molar-refractivity contribution in [3.8, 4) is 5.75 Å². The normalized spacial score (nSPS) is 10.5. The van der Waals surface area contributed by atoms with Crippen LogP contribution < -0.4 is 4.74 Å². The highest BCUT2D eigenvalue weighted by atomic mass is 79.9. The summed E-state index contributed by atoms with van der Waals surface area (Å²) in [7, 11) is 0. The number of benzene rings is 2. The first-order chi connectivity index (χ1) is 9.10. The van der Waals surface area contributed by atoms with Gasteiger partial charge in [0.05, 0.1) is 5.02 Å². The molecule has 0 N–H and O–H groups in total. The molecule has 0 spiro atoms. The van der Waals surface area contributed by atoms with Gasteiger partial charge in [0.1, 0.15) is 12.4 Å². The third kappa shape index (κ3) is 3.88. The summed E-state index contributed by atoms with van der Waals surface area (Å²) in [5.41, 5.74) is 3.29. The lowest BCUT2D eigenvalue weighted by molar-refractivity contribution is 0.304. The first kappa shape index (κ1) is 14.7. The molecule has 0 aromatic heterocycles. The Labute approximate surface area is 131 Å². The monoisotopic (exact) mass is 358 g/mol. The van der Waals surface area contributed by atoms with E-state index in [1.807, 2.05) is 18.2 Å². The van der Waals surface area contributed by atoms with Crippen molar-refractivity contribution in [3.05, 3.63) is 63.1 Å². The van der Waals surface area contributed by atoms with Gasteiger partial charge in [-0.05, 0) is 24.6 Å². The van der Waals surface area contributed by atoms with Crippen LogP contribution >= 0.6 is 39.1 Å². The predicted molar refractivity (Wildman–Crippen MR) is 84.6 cm³/mol. The molecule has 0 aliphatic heterocycles. The summed E-state index contributed by atoms with van der Waals surface area (Å²) < 4.78 is 5.82. The lowest BCUT2D eigenvalue weighted by Crippen LogP contribution is -1.99. The fourth-order valence-electron chi connectivity index (χ4n) is 1.71. The second-order valence-corrected chi connectivity index (χ2v) is 5.69. The summed E-state index contributed by atoms with van der Waals surface area (Å²) in [6.07, 6.45) is 0. The van der Waals surface area contributed by atoms with Gasteiger partial charge >= 0.3 is 0 Å². The molecule has 4 heteroatoms. The maximum atomic E-state index is 6.17. The molecule has 0 aliphatic carbocycles. The Morgan fingerprint density at radius 3 is 2.42 bits per heavy atom. The summed E-state index contributed by atoms with van der Waals surface area (Å²) in [5.74, 6) is 0.684. The highest BCUT2D eigenvalue weighted by Gasteiger charge is 2.10. The van der Waals surface area contributed by atoms with Crippen LogP contribution in [0.3, 0.4) is 0 Å². The number of aryl methyl sites for hydroxylation is 1. The SMILES string of the molecule is Cc1ccc(COc2c(Cl)cc(Cl)cc2CBr)cc1. The van der Waals surface area contributed by atoms with E-state index in [0.717, 1.165) is 11.1 Å². The summed E-state index contributed by atoms with van der Waals surface area (Å²) in [5, 5.41) is 1.80. The smallest absolute Gasteiger partial charge is 0.142 e. The Hall–Kier alpha value is -0.700. The van der Waals surface area contributed by atoms with E-state index in [9.17, 15) is 0 Å². The molecule has 0 saturated carbocycles. The molecule has 0 saturated heterocycles. The van der Waals surface area contributed by atoms with Gasteiger partial charge in [0.25, 0.3) is 0 Å². The highest BCUT2D eigenvalue weighted by Crippen LogP contribution is 2.34. The zero-order chi connectivity index (χ0) is 13.8. The van der Waals surface area contributed by atoms with Gasteiger partial charge in [0.15, 0.2) is 0 Å². The number of halogens is 3. The van der Waals surface area contributed by atoms with E-state index in [4.69, 9.17) is 27.9 Å². The van der Waals surface area contributed by atoms with Crippen molar-refractivity contribution in [3.63, 3.8) is 0 Å². The van der Waals surface area contributed by atoms with Crippen LogP contribution in [0.2, 0.25) is 10.0 Å². The number of alkyl halides is 1. The third-order valence-corrected chi connectivity index (χ3v) is 3.84. The largest absolute Gasteiger partial charge is 0.487 e. The van der Waals surface area contributed by atoms with E-state index in [1.165, 1.54) is 5.56 Å². The fraction of sp³-hybridized carbons (Fsp3) is 0.200. The molecular formula is C15H13BrCl2O. The van der Waals surface area contributed by atoms with Crippen LogP contribution in [0.15, 0.2) is 36.4 Å². The molecule has 0 amide bonds. The van der Waals surface area contributed by atoms with Gasteiger partial charge < -0.3 is 4.74 Å². The van der Waals surface area contributed by atoms with Crippen LogP contribution in [-0.2, 0) is 11.9 Å². The zero-order valence-corrected chi connectivity index (χ0v) is 13.5. The molecule has 2 rings (SSSR count). The minimum absolute atomic E-state index is 0.488. The maximum Gasteiger partial charge on any atom is 0.142 e. The van der Waals surface area contributed by atoms with E-state index in [-0.39, 0.29) is 0 Å². The van der Waals surface area contributed by atoms with Gasteiger partial charge in [-0.1, -0.05) is 69.0 Å². The summed E-state index contributed by atoms with van der Waals surface area (Å²) in [6, 6.07) is 11.8. The van der Waals surface area contributed by atoms with Crippen molar-refractivity contribution in [2.75, 3.05) is 0 Å².